The highest BCUT2D eigenvalue weighted by atomic mass is 35.5. The summed E-state index contributed by atoms with van der Waals surface area (Å²) in [6, 6.07) is 12.2. The van der Waals surface area contributed by atoms with Crippen LogP contribution in [-0.4, -0.2) is 12.6 Å². The first kappa shape index (κ1) is 22.3. The van der Waals surface area contributed by atoms with E-state index in [2.05, 4.69) is 17.4 Å². The zero-order valence-corrected chi connectivity index (χ0v) is 18.7. The monoisotopic (exact) mass is 435 g/mol. The third-order valence-electron chi connectivity index (χ3n) is 5.41. The van der Waals surface area contributed by atoms with Crippen LogP contribution in [0.15, 0.2) is 36.4 Å². The Balaban J connectivity index is 1.61. The third-order valence-corrected chi connectivity index (χ3v) is 5.99. The van der Waals surface area contributed by atoms with Crippen molar-refractivity contribution in [2.75, 3.05) is 6.61 Å². The number of ether oxygens (including phenoxy) is 2. The molecule has 3 nitrogen and oxygen atoms in total. The van der Waals surface area contributed by atoms with Gasteiger partial charge in [-0.25, -0.2) is 0 Å². The van der Waals surface area contributed by atoms with Gasteiger partial charge in [0.2, 0.25) is 0 Å². The van der Waals surface area contributed by atoms with Gasteiger partial charge in [0.15, 0.2) is 11.5 Å². The van der Waals surface area contributed by atoms with Gasteiger partial charge >= 0.3 is 0 Å². The molecule has 1 fully saturated rings. The van der Waals surface area contributed by atoms with E-state index in [1.165, 1.54) is 50.5 Å². The molecule has 0 aromatic heterocycles. The zero-order chi connectivity index (χ0) is 20.5. The van der Waals surface area contributed by atoms with Gasteiger partial charge in [-0.05, 0) is 49.6 Å². The van der Waals surface area contributed by atoms with Crippen molar-refractivity contribution in [3.63, 3.8) is 0 Å². The highest BCUT2D eigenvalue weighted by Gasteiger charge is 2.12. The summed E-state index contributed by atoms with van der Waals surface area (Å²) < 4.78 is 11.8. The molecular formula is C24H31Cl2NO2. The Morgan fingerprint density at radius 2 is 1.66 bits per heavy atom. The number of nitrogens with one attached hydrogen (secondary N) is 1. The summed E-state index contributed by atoms with van der Waals surface area (Å²) in [5, 5.41) is 4.97. The lowest BCUT2D eigenvalue weighted by atomic mass is 9.96. The highest BCUT2D eigenvalue weighted by Crippen LogP contribution is 2.31. The number of halogens is 2. The molecule has 0 heterocycles. The minimum atomic E-state index is 0.371. The molecule has 0 bridgehead atoms. The first-order valence-electron chi connectivity index (χ1n) is 10.7. The van der Waals surface area contributed by atoms with Crippen LogP contribution >= 0.6 is 23.2 Å². The molecule has 1 aliphatic rings. The number of benzene rings is 2. The van der Waals surface area contributed by atoms with Gasteiger partial charge in [-0.15, -0.1) is 0 Å². The van der Waals surface area contributed by atoms with E-state index in [4.69, 9.17) is 32.7 Å². The van der Waals surface area contributed by atoms with Gasteiger partial charge < -0.3 is 14.8 Å². The standard InChI is InChI=1S/C24H31Cl2NO2/c1-2-28-24-14-18(16-27-21-8-6-4-3-5-7-9-21)10-13-23(24)29-17-19-11-12-20(25)15-22(19)26/h10-15,21,27H,2-9,16-17H2,1H3. The summed E-state index contributed by atoms with van der Waals surface area (Å²) in [7, 11) is 0. The predicted octanol–water partition coefficient (Wildman–Crippen LogP) is 7.17. The smallest absolute Gasteiger partial charge is 0.161 e. The van der Waals surface area contributed by atoms with Gasteiger partial charge in [0.25, 0.3) is 0 Å². The van der Waals surface area contributed by atoms with E-state index < -0.39 is 0 Å². The first-order valence-corrected chi connectivity index (χ1v) is 11.5. The quantitative estimate of drug-likeness (QED) is 0.476. The maximum Gasteiger partial charge on any atom is 0.161 e. The van der Waals surface area contributed by atoms with Gasteiger partial charge in [0.1, 0.15) is 6.61 Å². The second-order valence-electron chi connectivity index (χ2n) is 7.66. The Bertz CT molecular complexity index is 773. The van der Waals surface area contributed by atoms with Crippen molar-refractivity contribution in [3.8, 4) is 11.5 Å². The van der Waals surface area contributed by atoms with E-state index in [-0.39, 0.29) is 0 Å². The van der Waals surface area contributed by atoms with Crippen molar-refractivity contribution in [3.05, 3.63) is 57.6 Å². The molecule has 0 amide bonds. The fourth-order valence-corrected chi connectivity index (χ4v) is 4.23. The number of rotatable bonds is 8. The summed E-state index contributed by atoms with van der Waals surface area (Å²) in [5.41, 5.74) is 2.11. The molecule has 1 aliphatic carbocycles. The maximum absolute atomic E-state index is 6.25. The van der Waals surface area contributed by atoms with E-state index in [0.717, 1.165) is 23.6 Å². The summed E-state index contributed by atoms with van der Waals surface area (Å²) in [5.74, 6) is 1.50. The Labute approximate surface area is 184 Å². The molecule has 0 spiro atoms. The molecule has 2 aromatic rings. The van der Waals surface area contributed by atoms with Crippen LogP contribution in [0.25, 0.3) is 0 Å². The molecule has 0 unspecified atom stereocenters. The molecule has 2 aromatic carbocycles. The number of hydrogen-bond donors (Lipinski definition) is 1. The van der Waals surface area contributed by atoms with E-state index >= 15 is 0 Å². The summed E-state index contributed by atoms with van der Waals surface area (Å²) in [4.78, 5) is 0. The van der Waals surface area contributed by atoms with Crippen LogP contribution in [0.3, 0.4) is 0 Å². The SMILES string of the molecule is CCOc1cc(CNC2CCCCCCC2)ccc1OCc1ccc(Cl)cc1Cl. The predicted molar refractivity (Wildman–Crippen MR) is 121 cm³/mol. The van der Waals surface area contributed by atoms with Crippen molar-refractivity contribution in [2.24, 2.45) is 0 Å². The van der Waals surface area contributed by atoms with Crippen LogP contribution in [0.1, 0.15) is 63.0 Å². The van der Waals surface area contributed by atoms with Crippen molar-refractivity contribution < 1.29 is 9.47 Å². The topological polar surface area (TPSA) is 30.5 Å². The third kappa shape index (κ3) is 7.09. The Kier molecular flexibility index (Phi) is 8.97. The minimum Gasteiger partial charge on any atom is -0.490 e. The Morgan fingerprint density at radius 1 is 0.897 bits per heavy atom. The second kappa shape index (κ2) is 11.7. The normalized spacial score (nSPS) is 15.6. The Hall–Kier alpha value is -1.42. The molecule has 0 saturated heterocycles. The largest absolute Gasteiger partial charge is 0.490 e. The van der Waals surface area contributed by atoms with Crippen LogP contribution in [0.5, 0.6) is 11.5 Å². The van der Waals surface area contributed by atoms with Crippen LogP contribution in [0, 0.1) is 0 Å². The lowest BCUT2D eigenvalue weighted by Gasteiger charge is -2.21. The first-order chi connectivity index (χ1) is 14.2. The summed E-state index contributed by atoms with van der Waals surface area (Å²) in [6.07, 6.45) is 9.37. The van der Waals surface area contributed by atoms with Crippen molar-refractivity contribution in [1.82, 2.24) is 5.32 Å². The molecule has 0 radical (unpaired) electrons. The van der Waals surface area contributed by atoms with E-state index in [9.17, 15) is 0 Å². The molecule has 1 saturated carbocycles. The second-order valence-corrected chi connectivity index (χ2v) is 8.51. The van der Waals surface area contributed by atoms with Gasteiger partial charge in [-0.3, -0.25) is 0 Å². The molecule has 158 valence electrons. The van der Waals surface area contributed by atoms with Crippen LogP contribution < -0.4 is 14.8 Å². The molecule has 1 N–H and O–H groups in total. The molecule has 3 rings (SSSR count). The van der Waals surface area contributed by atoms with Crippen LogP contribution in [-0.2, 0) is 13.2 Å². The fraction of sp³-hybridized carbons (Fsp3) is 0.500. The maximum atomic E-state index is 6.25. The molecule has 0 atom stereocenters. The van der Waals surface area contributed by atoms with E-state index in [1.807, 2.05) is 25.1 Å². The zero-order valence-electron chi connectivity index (χ0n) is 17.2. The lowest BCUT2D eigenvalue weighted by Crippen LogP contribution is -2.29. The van der Waals surface area contributed by atoms with Gasteiger partial charge in [-0.2, -0.15) is 0 Å². The Morgan fingerprint density at radius 3 is 2.38 bits per heavy atom. The van der Waals surface area contributed by atoms with Crippen LogP contribution in [0.4, 0.5) is 0 Å². The number of hydrogen-bond acceptors (Lipinski definition) is 3. The van der Waals surface area contributed by atoms with Gasteiger partial charge in [0, 0.05) is 28.2 Å². The van der Waals surface area contributed by atoms with Crippen molar-refractivity contribution in [1.29, 1.82) is 0 Å². The summed E-state index contributed by atoms with van der Waals surface area (Å²) in [6.45, 7) is 3.81. The average Bonchev–Trinajstić information content (AvgIpc) is 2.68. The lowest BCUT2D eigenvalue weighted by molar-refractivity contribution is 0.269. The van der Waals surface area contributed by atoms with Gasteiger partial charge in [-0.1, -0.05) is 67.4 Å². The van der Waals surface area contributed by atoms with E-state index in [0.29, 0.717) is 29.3 Å². The van der Waals surface area contributed by atoms with Crippen molar-refractivity contribution in [2.45, 2.75) is 71.1 Å². The van der Waals surface area contributed by atoms with Gasteiger partial charge in [0.05, 0.1) is 6.61 Å². The molecular weight excluding hydrogens is 405 g/mol. The average molecular weight is 436 g/mol. The van der Waals surface area contributed by atoms with Crippen LogP contribution in [0.2, 0.25) is 10.0 Å². The fourth-order valence-electron chi connectivity index (χ4n) is 3.77. The minimum absolute atomic E-state index is 0.371. The molecule has 0 aliphatic heterocycles. The van der Waals surface area contributed by atoms with E-state index in [1.54, 1.807) is 6.07 Å². The summed E-state index contributed by atoms with van der Waals surface area (Å²) >= 11 is 12.2. The molecule has 5 heteroatoms. The molecule has 29 heavy (non-hydrogen) atoms. The van der Waals surface area contributed by atoms with Crippen molar-refractivity contribution >= 4 is 23.2 Å². The highest BCUT2D eigenvalue weighted by molar-refractivity contribution is 6.35.